The number of rotatable bonds is 9. The maximum atomic E-state index is 14.0. The van der Waals surface area contributed by atoms with E-state index in [1.165, 1.54) is 29.2 Å². The van der Waals surface area contributed by atoms with Crippen molar-refractivity contribution in [1.82, 2.24) is 9.62 Å². The monoisotopic (exact) mass is 657 g/mol. The molecule has 4 aromatic rings. The first kappa shape index (κ1) is 30.8. The quantitative estimate of drug-likeness (QED) is 0.240. The summed E-state index contributed by atoms with van der Waals surface area (Å²) in [6.45, 7) is -0.694. The smallest absolute Gasteiger partial charge is 0.263 e. The van der Waals surface area contributed by atoms with Gasteiger partial charge in [0.15, 0.2) is 6.10 Å². The van der Waals surface area contributed by atoms with Crippen LogP contribution in [0.25, 0.3) is 0 Å². The average molecular weight is 659 g/mol. The fourth-order valence-corrected chi connectivity index (χ4v) is 6.58. The van der Waals surface area contributed by atoms with Crippen LogP contribution in [0.5, 0.6) is 5.75 Å². The highest BCUT2D eigenvalue weighted by Crippen LogP contribution is 2.34. The van der Waals surface area contributed by atoms with Crippen molar-refractivity contribution in [3.05, 3.63) is 123 Å². The van der Waals surface area contributed by atoms with Gasteiger partial charge in [0.05, 0.1) is 23.7 Å². The van der Waals surface area contributed by atoms with E-state index in [4.69, 9.17) is 39.5 Å². The number of halogens is 3. The molecule has 222 valence electrons. The molecule has 0 saturated carbocycles. The van der Waals surface area contributed by atoms with Crippen LogP contribution in [0, 0.1) is 0 Å². The van der Waals surface area contributed by atoms with Gasteiger partial charge in [-0.15, -0.1) is 0 Å². The van der Waals surface area contributed by atoms with Gasteiger partial charge in [0.2, 0.25) is 15.9 Å². The molecule has 5 rings (SSSR count). The molecular weight excluding hydrogens is 633 g/mol. The first-order valence-corrected chi connectivity index (χ1v) is 15.8. The minimum Gasteiger partial charge on any atom is -0.477 e. The van der Waals surface area contributed by atoms with Crippen LogP contribution in [0.4, 0.5) is 5.69 Å². The molecule has 0 unspecified atom stereocenters. The number of carbonyl (C=O) groups excluding carboxylic acids is 2. The van der Waals surface area contributed by atoms with Crippen molar-refractivity contribution in [2.45, 2.75) is 24.1 Å². The summed E-state index contributed by atoms with van der Waals surface area (Å²) < 4.78 is 34.7. The Kier molecular flexibility index (Phi) is 9.59. The number of sulfonamides is 1. The summed E-state index contributed by atoms with van der Waals surface area (Å²) in [6.07, 6.45) is -1.03. The van der Waals surface area contributed by atoms with Gasteiger partial charge >= 0.3 is 0 Å². The molecular formula is C31H26Cl3N3O5S. The van der Waals surface area contributed by atoms with Crippen LogP contribution >= 0.6 is 34.8 Å². The predicted octanol–water partition coefficient (Wildman–Crippen LogP) is 5.95. The molecule has 8 nitrogen and oxygen atoms in total. The highest BCUT2D eigenvalue weighted by Gasteiger charge is 2.36. The van der Waals surface area contributed by atoms with E-state index in [9.17, 15) is 18.0 Å². The number of nitrogens with zero attached hydrogens (tertiary/aromatic N) is 2. The van der Waals surface area contributed by atoms with Gasteiger partial charge in [-0.2, -0.15) is 4.31 Å². The minimum atomic E-state index is -4.23. The molecule has 1 aliphatic heterocycles. The Bertz CT molecular complexity index is 1720. The molecule has 4 aromatic carbocycles. The molecule has 1 N–H and O–H groups in total. The Hall–Kier alpha value is -3.60. The van der Waals surface area contributed by atoms with Crippen LogP contribution in [0.1, 0.15) is 11.1 Å². The zero-order chi connectivity index (χ0) is 30.6. The Morgan fingerprint density at radius 1 is 0.860 bits per heavy atom. The van der Waals surface area contributed by atoms with Crippen LogP contribution in [-0.4, -0.2) is 43.7 Å². The van der Waals surface area contributed by atoms with E-state index >= 15 is 0 Å². The van der Waals surface area contributed by atoms with Crippen molar-refractivity contribution in [2.75, 3.05) is 18.0 Å². The van der Waals surface area contributed by atoms with E-state index in [0.29, 0.717) is 22.0 Å². The van der Waals surface area contributed by atoms with Crippen molar-refractivity contribution >= 4 is 62.3 Å². The molecule has 12 heteroatoms. The van der Waals surface area contributed by atoms with Gasteiger partial charge < -0.3 is 15.0 Å². The standard InChI is InChI=1S/C31H26Cl3N3O5S/c32-22-13-15-23(16-14-22)43(40,41)36(18-24-25(33)9-6-10-26(24)34)20-30(38)37-19-29(42-28-12-5-4-11-27(28)37)31(39)35-17-21-7-2-1-3-8-21/h1-16,29H,17-20H2,(H,35,39)/t29-/m0/s1. The molecule has 0 fully saturated rings. The predicted molar refractivity (Wildman–Crippen MR) is 167 cm³/mol. The molecule has 0 radical (unpaired) electrons. The number of carbonyl (C=O) groups is 2. The van der Waals surface area contributed by atoms with E-state index in [1.54, 1.807) is 42.5 Å². The summed E-state index contributed by atoms with van der Waals surface area (Å²) in [6, 6.07) is 26.6. The molecule has 2 amide bonds. The van der Waals surface area contributed by atoms with Crippen molar-refractivity contribution in [3.8, 4) is 5.75 Å². The fourth-order valence-electron chi connectivity index (χ4n) is 4.58. The lowest BCUT2D eigenvalue weighted by Gasteiger charge is -2.35. The van der Waals surface area contributed by atoms with Gasteiger partial charge in [-0.3, -0.25) is 9.59 Å². The fraction of sp³-hybridized carbons (Fsp3) is 0.161. The molecule has 0 bridgehead atoms. The lowest BCUT2D eigenvalue weighted by molar-refractivity contribution is -0.128. The topological polar surface area (TPSA) is 96.0 Å². The molecule has 1 atom stereocenters. The second-order valence-corrected chi connectivity index (χ2v) is 12.9. The highest BCUT2D eigenvalue weighted by atomic mass is 35.5. The molecule has 1 aliphatic rings. The maximum absolute atomic E-state index is 14.0. The molecule has 0 spiro atoms. The summed E-state index contributed by atoms with van der Waals surface area (Å²) in [5, 5.41) is 3.71. The molecule has 0 aromatic heterocycles. The summed E-state index contributed by atoms with van der Waals surface area (Å²) >= 11 is 18.8. The Labute approximate surface area is 264 Å². The van der Waals surface area contributed by atoms with E-state index < -0.39 is 34.5 Å². The van der Waals surface area contributed by atoms with E-state index in [2.05, 4.69) is 5.32 Å². The number of fused-ring (bicyclic) bond motifs is 1. The Morgan fingerprint density at radius 3 is 2.21 bits per heavy atom. The van der Waals surface area contributed by atoms with Crippen molar-refractivity contribution in [1.29, 1.82) is 0 Å². The van der Waals surface area contributed by atoms with Crippen LogP contribution in [0.2, 0.25) is 15.1 Å². The summed E-state index contributed by atoms with van der Waals surface area (Å²) in [4.78, 5) is 28.4. The zero-order valence-corrected chi connectivity index (χ0v) is 25.7. The van der Waals surface area contributed by atoms with Crippen LogP contribution in [-0.2, 0) is 32.7 Å². The van der Waals surface area contributed by atoms with Crippen molar-refractivity contribution < 1.29 is 22.7 Å². The van der Waals surface area contributed by atoms with Gasteiger partial charge in [0.1, 0.15) is 5.75 Å². The third-order valence-corrected chi connectivity index (χ3v) is 9.60. The third kappa shape index (κ3) is 7.14. The third-order valence-electron chi connectivity index (χ3n) is 6.84. The summed E-state index contributed by atoms with van der Waals surface area (Å²) in [5.41, 5.74) is 1.66. The van der Waals surface area contributed by atoms with E-state index in [0.717, 1.165) is 9.87 Å². The highest BCUT2D eigenvalue weighted by molar-refractivity contribution is 7.89. The number of benzene rings is 4. The Morgan fingerprint density at radius 2 is 1.51 bits per heavy atom. The average Bonchev–Trinajstić information content (AvgIpc) is 3.01. The molecule has 1 heterocycles. The lowest BCUT2D eigenvalue weighted by Crippen LogP contribution is -2.52. The SMILES string of the molecule is O=C(NCc1ccccc1)[C@@H]1CN(C(=O)CN(Cc2c(Cl)cccc2Cl)S(=O)(=O)c2ccc(Cl)cc2)c2ccccc2O1. The molecule has 43 heavy (non-hydrogen) atoms. The first-order valence-electron chi connectivity index (χ1n) is 13.2. The lowest BCUT2D eigenvalue weighted by atomic mass is 10.1. The number of nitrogens with one attached hydrogen (secondary N) is 1. The van der Waals surface area contributed by atoms with Gasteiger partial charge in [0.25, 0.3) is 5.91 Å². The van der Waals surface area contributed by atoms with Crippen LogP contribution in [0.15, 0.2) is 102 Å². The van der Waals surface area contributed by atoms with Crippen LogP contribution in [0.3, 0.4) is 0 Å². The zero-order valence-electron chi connectivity index (χ0n) is 22.6. The number of para-hydroxylation sites is 2. The number of hydrogen-bond donors (Lipinski definition) is 1. The molecule has 0 aliphatic carbocycles. The number of anilines is 1. The summed E-state index contributed by atoms with van der Waals surface area (Å²) in [7, 11) is -4.23. The number of ether oxygens (including phenoxy) is 1. The van der Waals surface area contributed by atoms with Crippen molar-refractivity contribution in [3.63, 3.8) is 0 Å². The van der Waals surface area contributed by atoms with Gasteiger partial charge in [-0.05, 0) is 54.1 Å². The van der Waals surface area contributed by atoms with Gasteiger partial charge in [0, 0.05) is 33.7 Å². The maximum Gasteiger partial charge on any atom is 0.263 e. The minimum absolute atomic E-state index is 0.0616. The normalized spacial score (nSPS) is 14.6. The van der Waals surface area contributed by atoms with Gasteiger partial charge in [-0.25, -0.2) is 8.42 Å². The number of hydrogen-bond acceptors (Lipinski definition) is 5. The number of amides is 2. The summed E-state index contributed by atoms with van der Waals surface area (Å²) in [5.74, 6) is -0.662. The molecule has 0 saturated heterocycles. The van der Waals surface area contributed by atoms with E-state index in [1.807, 2.05) is 30.3 Å². The largest absolute Gasteiger partial charge is 0.477 e. The second-order valence-electron chi connectivity index (χ2n) is 9.71. The first-order chi connectivity index (χ1) is 20.6. The Balaban J connectivity index is 1.43. The van der Waals surface area contributed by atoms with Crippen LogP contribution < -0.4 is 15.0 Å². The van der Waals surface area contributed by atoms with Gasteiger partial charge in [-0.1, -0.05) is 83.3 Å². The second kappa shape index (κ2) is 13.4. The van der Waals surface area contributed by atoms with Crippen molar-refractivity contribution in [2.24, 2.45) is 0 Å². The van der Waals surface area contributed by atoms with E-state index in [-0.39, 0.29) is 34.6 Å².